The molecule has 1 aromatic rings. The van der Waals surface area contributed by atoms with E-state index in [1.807, 2.05) is 30.3 Å². The van der Waals surface area contributed by atoms with E-state index in [-0.39, 0.29) is 6.54 Å². The summed E-state index contributed by atoms with van der Waals surface area (Å²) in [7, 11) is 1.12. The normalized spacial score (nSPS) is 13.0. The van der Waals surface area contributed by atoms with Crippen LogP contribution < -0.4 is 10.6 Å². The number of hydrogen-bond acceptors (Lipinski definition) is 6. The van der Waals surface area contributed by atoms with Crippen LogP contribution in [0.1, 0.15) is 12.0 Å². The highest BCUT2D eigenvalue weighted by Gasteiger charge is 2.27. The van der Waals surface area contributed by atoms with Crippen LogP contribution in [0.5, 0.6) is 0 Å². The van der Waals surface area contributed by atoms with E-state index >= 15 is 0 Å². The Balaban J connectivity index is 2.70. The van der Waals surface area contributed by atoms with Crippen LogP contribution in [0.3, 0.4) is 0 Å². The average molecular weight is 324 g/mol. The van der Waals surface area contributed by atoms with E-state index in [0.29, 0.717) is 0 Å². The first-order valence-electron chi connectivity index (χ1n) is 6.96. The highest BCUT2D eigenvalue weighted by Crippen LogP contribution is 2.01. The number of amides is 1. The second-order valence-corrected chi connectivity index (χ2v) is 4.78. The van der Waals surface area contributed by atoms with Gasteiger partial charge >= 0.3 is 11.9 Å². The van der Waals surface area contributed by atoms with E-state index in [9.17, 15) is 14.4 Å². The van der Waals surface area contributed by atoms with Crippen molar-refractivity contribution >= 4 is 17.8 Å². The summed E-state index contributed by atoms with van der Waals surface area (Å²) >= 11 is 0. The van der Waals surface area contributed by atoms with E-state index in [4.69, 9.17) is 10.2 Å². The highest BCUT2D eigenvalue weighted by molar-refractivity contribution is 5.90. The largest absolute Gasteiger partial charge is 0.481 e. The van der Waals surface area contributed by atoms with Crippen LogP contribution >= 0.6 is 0 Å². The predicted octanol–water partition coefficient (Wildman–Crippen LogP) is -0.730. The fraction of sp³-hybridized carbons (Fsp3) is 0.400. The fourth-order valence-corrected chi connectivity index (χ4v) is 1.86. The zero-order chi connectivity index (χ0) is 17.2. The monoisotopic (exact) mass is 324 g/mol. The van der Waals surface area contributed by atoms with E-state index in [1.54, 1.807) is 0 Å². The molecule has 8 heteroatoms. The van der Waals surface area contributed by atoms with Crippen molar-refractivity contribution in [2.24, 2.45) is 0 Å². The van der Waals surface area contributed by atoms with Crippen molar-refractivity contribution in [3.05, 3.63) is 35.9 Å². The lowest BCUT2D eigenvalue weighted by atomic mass is 10.1. The minimum atomic E-state index is -1.23. The van der Waals surface area contributed by atoms with Crippen LogP contribution in [0.15, 0.2) is 30.3 Å². The summed E-state index contributed by atoms with van der Waals surface area (Å²) < 4.78 is 4.44. The predicted molar refractivity (Wildman–Crippen MR) is 80.4 cm³/mol. The number of carbonyl (C=O) groups excluding carboxylic acids is 2. The van der Waals surface area contributed by atoms with Crippen LogP contribution in [0.2, 0.25) is 0 Å². The van der Waals surface area contributed by atoms with Gasteiger partial charge in [0.05, 0.1) is 26.2 Å². The maximum atomic E-state index is 12.1. The van der Waals surface area contributed by atoms with E-state index in [2.05, 4.69) is 15.4 Å². The van der Waals surface area contributed by atoms with Gasteiger partial charge in [-0.2, -0.15) is 0 Å². The SMILES string of the molecule is COC(=O)[C@H](CO)NC(=O)[C@H](CC(=O)O)NCc1ccccc1. The number of hydrogen-bond donors (Lipinski definition) is 4. The van der Waals surface area contributed by atoms with Crippen molar-refractivity contribution in [2.75, 3.05) is 13.7 Å². The van der Waals surface area contributed by atoms with Crippen molar-refractivity contribution < 1.29 is 29.3 Å². The Labute approximate surface area is 133 Å². The molecule has 0 aliphatic rings. The Morgan fingerprint density at radius 1 is 1.17 bits per heavy atom. The van der Waals surface area contributed by atoms with Crippen LogP contribution in [-0.2, 0) is 25.7 Å². The molecule has 0 bridgehead atoms. The number of carboxylic acid groups (broad SMARTS) is 1. The van der Waals surface area contributed by atoms with Crippen LogP contribution in [-0.4, -0.2) is 53.9 Å². The maximum absolute atomic E-state index is 12.1. The number of aliphatic hydroxyl groups is 1. The minimum Gasteiger partial charge on any atom is -0.481 e. The number of carbonyl (C=O) groups is 3. The summed E-state index contributed by atoms with van der Waals surface area (Å²) in [6, 6.07) is 6.85. The molecular formula is C15H20N2O6. The van der Waals surface area contributed by atoms with E-state index in [0.717, 1.165) is 12.7 Å². The molecule has 1 amide bonds. The first kappa shape index (κ1) is 18.6. The molecule has 0 unspecified atom stereocenters. The van der Waals surface area contributed by atoms with E-state index < -0.39 is 43.0 Å². The lowest BCUT2D eigenvalue weighted by molar-refractivity contribution is -0.146. The highest BCUT2D eigenvalue weighted by atomic mass is 16.5. The topological polar surface area (TPSA) is 125 Å². The Morgan fingerprint density at radius 3 is 2.35 bits per heavy atom. The molecule has 8 nitrogen and oxygen atoms in total. The lowest BCUT2D eigenvalue weighted by Gasteiger charge is -2.20. The second-order valence-electron chi connectivity index (χ2n) is 4.78. The molecule has 0 fully saturated rings. The van der Waals surface area contributed by atoms with Crippen molar-refractivity contribution in [1.82, 2.24) is 10.6 Å². The standard InChI is InChI=1S/C15H20N2O6/c1-23-15(22)12(9-18)17-14(21)11(7-13(19)20)16-8-10-5-3-2-4-6-10/h2-6,11-12,16,18H,7-9H2,1H3,(H,17,21)(H,19,20)/t11-,12-/m0/s1. The molecular weight excluding hydrogens is 304 g/mol. The number of aliphatic carboxylic acids is 1. The molecule has 0 radical (unpaired) electrons. The van der Waals surface area contributed by atoms with Crippen LogP contribution in [0.25, 0.3) is 0 Å². The average Bonchev–Trinajstić information content (AvgIpc) is 2.56. The number of benzene rings is 1. The van der Waals surface area contributed by atoms with Crippen LogP contribution in [0, 0.1) is 0 Å². The van der Waals surface area contributed by atoms with Crippen molar-refractivity contribution in [3.8, 4) is 0 Å². The summed E-state index contributed by atoms with van der Waals surface area (Å²) in [5.74, 6) is -2.67. The molecule has 126 valence electrons. The zero-order valence-corrected chi connectivity index (χ0v) is 12.7. The first-order chi connectivity index (χ1) is 11.0. The summed E-state index contributed by atoms with van der Waals surface area (Å²) in [6.07, 6.45) is -0.460. The first-order valence-corrected chi connectivity index (χ1v) is 6.96. The zero-order valence-electron chi connectivity index (χ0n) is 12.7. The maximum Gasteiger partial charge on any atom is 0.330 e. The number of esters is 1. The van der Waals surface area contributed by atoms with Crippen LogP contribution in [0.4, 0.5) is 0 Å². The van der Waals surface area contributed by atoms with Crippen molar-refractivity contribution in [3.63, 3.8) is 0 Å². The molecule has 1 aromatic carbocycles. The van der Waals surface area contributed by atoms with Gasteiger partial charge in [-0.05, 0) is 5.56 Å². The molecule has 23 heavy (non-hydrogen) atoms. The van der Waals surface area contributed by atoms with Gasteiger partial charge in [0, 0.05) is 6.54 Å². The number of carboxylic acids is 1. The molecule has 0 saturated heterocycles. The Hall–Kier alpha value is -2.45. The number of nitrogens with one attached hydrogen (secondary N) is 2. The Kier molecular flexibility index (Phi) is 7.72. The fourth-order valence-electron chi connectivity index (χ4n) is 1.86. The van der Waals surface area contributed by atoms with Gasteiger partial charge in [0.2, 0.25) is 5.91 Å². The van der Waals surface area contributed by atoms with Gasteiger partial charge in [0.25, 0.3) is 0 Å². The molecule has 0 aliphatic carbocycles. The summed E-state index contributed by atoms with van der Waals surface area (Å²) in [4.78, 5) is 34.4. The number of rotatable bonds is 9. The van der Waals surface area contributed by atoms with E-state index in [1.165, 1.54) is 0 Å². The third-order valence-electron chi connectivity index (χ3n) is 3.08. The minimum absolute atomic E-state index is 0.286. The molecule has 0 aromatic heterocycles. The molecule has 1 rings (SSSR count). The number of methoxy groups -OCH3 is 1. The van der Waals surface area contributed by atoms with Gasteiger partial charge in [-0.25, -0.2) is 4.79 Å². The summed E-state index contributed by atoms with van der Waals surface area (Å²) in [6.45, 7) is -0.356. The van der Waals surface area contributed by atoms with Gasteiger partial charge < -0.3 is 25.6 Å². The molecule has 4 N–H and O–H groups in total. The summed E-state index contributed by atoms with van der Waals surface area (Å²) in [5, 5.41) is 23.1. The quantitative estimate of drug-likeness (QED) is 0.441. The van der Waals surface area contributed by atoms with Crippen molar-refractivity contribution in [1.29, 1.82) is 0 Å². The Bertz CT molecular complexity index is 534. The molecule has 0 heterocycles. The number of ether oxygens (including phenoxy) is 1. The third kappa shape index (κ3) is 6.45. The molecule has 0 saturated carbocycles. The van der Waals surface area contributed by atoms with Gasteiger partial charge in [0.15, 0.2) is 6.04 Å². The molecule has 0 spiro atoms. The molecule has 2 atom stereocenters. The van der Waals surface area contributed by atoms with Gasteiger partial charge in [-0.3, -0.25) is 9.59 Å². The third-order valence-corrected chi connectivity index (χ3v) is 3.08. The van der Waals surface area contributed by atoms with Gasteiger partial charge in [-0.15, -0.1) is 0 Å². The Morgan fingerprint density at radius 2 is 1.83 bits per heavy atom. The molecule has 0 aliphatic heterocycles. The van der Waals surface area contributed by atoms with Gasteiger partial charge in [-0.1, -0.05) is 30.3 Å². The second kappa shape index (κ2) is 9.54. The number of aliphatic hydroxyl groups excluding tert-OH is 1. The van der Waals surface area contributed by atoms with Gasteiger partial charge in [0.1, 0.15) is 0 Å². The lowest BCUT2D eigenvalue weighted by Crippen LogP contribution is -2.52. The summed E-state index contributed by atoms with van der Waals surface area (Å²) in [5.41, 5.74) is 0.877. The van der Waals surface area contributed by atoms with Crippen molar-refractivity contribution in [2.45, 2.75) is 25.0 Å². The smallest absolute Gasteiger partial charge is 0.330 e.